The summed E-state index contributed by atoms with van der Waals surface area (Å²) in [5, 5.41) is 14.2. The van der Waals surface area contributed by atoms with Crippen molar-refractivity contribution >= 4 is 16.7 Å². The third-order valence-electron chi connectivity index (χ3n) is 3.84. The van der Waals surface area contributed by atoms with Crippen molar-refractivity contribution in [3.05, 3.63) is 34.5 Å². The first-order chi connectivity index (χ1) is 10.7. The van der Waals surface area contributed by atoms with E-state index in [9.17, 15) is 10.1 Å². The number of nitro groups is 1. The van der Waals surface area contributed by atoms with Crippen LogP contribution in [0.1, 0.15) is 25.7 Å². The van der Waals surface area contributed by atoms with E-state index >= 15 is 0 Å². The molecule has 1 aliphatic heterocycles. The monoisotopic (exact) mass is 302 g/mol. The first-order valence-corrected chi connectivity index (χ1v) is 7.50. The molecule has 2 aromatic rings. The minimum absolute atomic E-state index is 0.0128. The second kappa shape index (κ2) is 6.65. The molecule has 0 spiro atoms. The number of nitrogens with one attached hydrogen (secondary N) is 1. The van der Waals surface area contributed by atoms with Crippen LogP contribution in [-0.4, -0.2) is 34.1 Å². The average Bonchev–Trinajstić information content (AvgIpc) is 2.55. The van der Waals surface area contributed by atoms with Crippen molar-refractivity contribution in [1.29, 1.82) is 0 Å². The van der Waals surface area contributed by atoms with Gasteiger partial charge in [-0.2, -0.15) is 0 Å². The SMILES string of the molecule is O=[N+]([O-])c1ccc2nc(OCC[C@@H]3CCCCN3)cnc2c1. The number of hydrogen-bond acceptors (Lipinski definition) is 6. The molecule has 7 heteroatoms. The fourth-order valence-corrected chi connectivity index (χ4v) is 2.64. The van der Waals surface area contributed by atoms with Crippen molar-refractivity contribution in [3.8, 4) is 5.88 Å². The molecule has 0 unspecified atom stereocenters. The van der Waals surface area contributed by atoms with E-state index in [2.05, 4.69) is 15.3 Å². The molecule has 1 fully saturated rings. The van der Waals surface area contributed by atoms with Gasteiger partial charge in [-0.25, -0.2) is 9.97 Å². The number of aromatic nitrogens is 2. The maximum Gasteiger partial charge on any atom is 0.271 e. The van der Waals surface area contributed by atoms with Gasteiger partial charge >= 0.3 is 0 Å². The number of ether oxygens (including phenoxy) is 1. The molecule has 22 heavy (non-hydrogen) atoms. The fourth-order valence-electron chi connectivity index (χ4n) is 2.64. The molecule has 0 aliphatic carbocycles. The maximum atomic E-state index is 10.7. The summed E-state index contributed by atoms with van der Waals surface area (Å²) in [4.78, 5) is 18.8. The van der Waals surface area contributed by atoms with Gasteiger partial charge in [0.25, 0.3) is 5.69 Å². The van der Waals surface area contributed by atoms with Crippen LogP contribution in [0.4, 0.5) is 5.69 Å². The minimum Gasteiger partial charge on any atom is -0.476 e. The summed E-state index contributed by atoms with van der Waals surface area (Å²) in [6, 6.07) is 4.95. The summed E-state index contributed by atoms with van der Waals surface area (Å²) in [6.07, 6.45) is 6.17. The summed E-state index contributed by atoms with van der Waals surface area (Å²) in [5.74, 6) is 0.456. The van der Waals surface area contributed by atoms with E-state index in [-0.39, 0.29) is 5.69 Å². The lowest BCUT2D eigenvalue weighted by atomic mass is 10.0. The quantitative estimate of drug-likeness (QED) is 0.674. The van der Waals surface area contributed by atoms with Gasteiger partial charge in [0.05, 0.1) is 28.8 Å². The van der Waals surface area contributed by atoms with Crippen LogP contribution in [0.5, 0.6) is 5.88 Å². The number of nitrogens with zero attached hydrogens (tertiary/aromatic N) is 3. The highest BCUT2D eigenvalue weighted by atomic mass is 16.6. The Kier molecular flexibility index (Phi) is 4.43. The van der Waals surface area contributed by atoms with Crippen LogP contribution in [-0.2, 0) is 0 Å². The zero-order valence-electron chi connectivity index (χ0n) is 12.2. The third kappa shape index (κ3) is 3.48. The van der Waals surface area contributed by atoms with E-state index in [1.54, 1.807) is 6.07 Å². The molecule has 1 aromatic carbocycles. The van der Waals surface area contributed by atoms with E-state index in [0.717, 1.165) is 13.0 Å². The molecule has 1 aromatic heterocycles. The number of rotatable bonds is 5. The van der Waals surface area contributed by atoms with Gasteiger partial charge in [-0.05, 0) is 31.9 Å². The van der Waals surface area contributed by atoms with Crippen molar-refractivity contribution in [2.75, 3.05) is 13.2 Å². The van der Waals surface area contributed by atoms with Crippen LogP contribution >= 0.6 is 0 Å². The first-order valence-electron chi connectivity index (χ1n) is 7.50. The summed E-state index contributed by atoms with van der Waals surface area (Å²) >= 11 is 0. The Morgan fingerprint density at radius 1 is 1.36 bits per heavy atom. The Labute approximate surface area is 127 Å². The molecule has 3 rings (SSSR count). The summed E-state index contributed by atoms with van der Waals surface area (Å²) in [7, 11) is 0. The second-order valence-electron chi connectivity index (χ2n) is 5.42. The van der Waals surface area contributed by atoms with Crippen LogP contribution < -0.4 is 10.1 Å². The zero-order valence-corrected chi connectivity index (χ0v) is 12.2. The van der Waals surface area contributed by atoms with Crippen LogP contribution in [0, 0.1) is 10.1 Å². The van der Waals surface area contributed by atoms with Crippen molar-refractivity contribution in [2.45, 2.75) is 31.7 Å². The number of piperidine rings is 1. The highest BCUT2D eigenvalue weighted by Gasteiger charge is 2.13. The average molecular weight is 302 g/mol. The normalized spacial score (nSPS) is 18.3. The third-order valence-corrected chi connectivity index (χ3v) is 3.84. The molecule has 1 aliphatic rings. The predicted octanol–water partition coefficient (Wildman–Crippen LogP) is 2.45. The minimum atomic E-state index is -0.442. The molecule has 0 saturated carbocycles. The van der Waals surface area contributed by atoms with Gasteiger partial charge in [-0.15, -0.1) is 0 Å². The summed E-state index contributed by atoms with van der Waals surface area (Å²) in [5.41, 5.74) is 1.10. The zero-order chi connectivity index (χ0) is 15.4. The van der Waals surface area contributed by atoms with Crippen LogP contribution in [0.15, 0.2) is 24.4 Å². The largest absolute Gasteiger partial charge is 0.476 e. The number of non-ortho nitro benzene ring substituents is 1. The first kappa shape index (κ1) is 14.6. The van der Waals surface area contributed by atoms with Gasteiger partial charge in [-0.1, -0.05) is 6.42 Å². The molecule has 1 atom stereocenters. The van der Waals surface area contributed by atoms with E-state index in [1.807, 2.05) is 0 Å². The summed E-state index contributed by atoms with van der Waals surface area (Å²) in [6.45, 7) is 1.67. The molecular weight excluding hydrogens is 284 g/mol. The van der Waals surface area contributed by atoms with Gasteiger partial charge < -0.3 is 10.1 Å². The molecular formula is C15H18N4O3. The van der Waals surface area contributed by atoms with E-state index in [4.69, 9.17) is 4.74 Å². The molecule has 0 amide bonds. The van der Waals surface area contributed by atoms with Gasteiger partial charge in [0.2, 0.25) is 5.88 Å². The highest BCUT2D eigenvalue weighted by molar-refractivity contribution is 5.77. The van der Waals surface area contributed by atoms with Crippen molar-refractivity contribution in [2.24, 2.45) is 0 Å². The van der Waals surface area contributed by atoms with Crippen molar-refractivity contribution in [3.63, 3.8) is 0 Å². The maximum absolute atomic E-state index is 10.7. The molecule has 1 N–H and O–H groups in total. The predicted molar refractivity (Wildman–Crippen MR) is 81.9 cm³/mol. The van der Waals surface area contributed by atoms with Crippen LogP contribution in [0.2, 0.25) is 0 Å². The number of nitro benzene ring substituents is 1. The van der Waals surface area contributed by atoms with Gasteiger partial charge in [0.1, 0.15) is 0 Å². The Morgan fingerprint density at radius 2 is 2.27 bits per heavy atom. The number of hydrogen-bond donors (Lipinski definition) is 1. The van der Waals surface area contributed by atoms with Gasteiger partial charge in [0.15, 0.2) is 0 Å². The Morgan fingerprint density at radius 3 is 3.05 bits per heavy atom. The standard InChI is InChI=1S/C15H18N4O3/c20-19(21)12-4-5-13-14(9-12)17-10-15(18-13)22-8-6-11-3-1-2-7-16-11/h4-5,9-11,16H,1-3,6-8H2/t11-/m0/s1. The lowest BCUT2D eigenvalue weighted by molar-refractivity contribution is -0.384. The lowest BCUT2D eigenvalue weighted by Gasteiger charge is -2.23. The van der Waals surface area contributed by atoms with Gasteiger partial charge in [0, 0.05) is 18.2 Å². The fraction of sp³-hybridized carbons (Fsp3) is 0.467. The topological polar surface area (TPSA) is 90.2 Å². The van der Waals surface area contributed by atoms with Crippen LogP contribution in [0.3, 0.4) is 0 Å². The van der Waals surface area contributed by atoms with Crippen LogP contribution in [0.25, 0.3) is 11.0 Å². The molecule has 7 nitrogen and oxygen atoms in total. The second-order valence-corrected chi connectivity index (χ2v) is 5.42. The molecule has 0 bridgehead atoms. The highest BCUT2D eigenvalue weighted by Crippen LogP contribution is 2.20. The Hall–Kier alpha value is -2.28. The summed E-state index contributed by atoms with van der Waals surface area (Å²) < 4.78 is 5.65. The molecule has 0 radical (unpaired) electrons. The van der Waals surface area contributed by atoms with E-state index < -0.39 is 4.92 Å². The number of benzene rings is 1. The molecule has 116 valence electrons. The van der Waals surface area contributed by atoms with Crippen molar-refractivity contribution in [1.82, 2.24) is 15.3 Å². The van der Waals surface area contributed by atoms with E-state index in [1.165, 1.54) is 37.6 Å². The smallest absolute Gasteiger partial charge is 0.271 e. The molecule has 2 heterocycles. The number of fused-ring (bicyclic) bond motifs is 1. The van der Waals surface area contributed by atoms with Gasteiger partial charge in [-0.3, -0.25) is 10.1 Å². The van der Waals surface area contributed by atoms with E-state index in [0.29, 0.717) is 29.6 Å². The Bertz CT molecular complexity index is 671. The van der Waals surface area contributed by atoms with Crippen molar-refractivity contribution < 1.29 is 9.66 Å². The Balaban J connectivity index is 1.62. The lowest BCUT2D eigenvalue weighted by Crippen LogP contribution is -2.35. The molecule has 1 saturated heterocycles.